The molecular formula is C13H21N3. The summed E-state index contributed by atoms with van der Waals surface area (Å²) in [5, 5.41) is 3.28. The highest BCUT2D eigenvalue weighted by Crippen LogP contribution is 2.22. The number of likely N-dealkylation sites (N-methyl/N-ethyl adjacent to an activating group) is 1. The van der Waals surface area contributed by atoms with E-state index in [2.05, 4.69) is 40.3 Å². The van der Waals surface area contributed by atoms with Crippen molar-refractivity contribution in [2.75, 3.05) is 25.0 Å². The maximum absolute atomic E-state index is 4.63. The lowest BCUT2D eigenvalue weighted by atomic mass is 10.0. The van der Waals surface area contributed by atoms with Crippen molar-refractivity contribution < 1.29 is 0 Å². The second kappa shape index (κ2) is 5.30. The molecule has 3 nitrogen and oxygen atoms in total. The predicted molar refractivity (Wildman–Crippen MR) is 67.9 cm³/mol. The minimum absolute atomic E-state index is 0.605. The molecule has 3 heteroatoms. The summed E-state index contributed by atoms with van der Waals surface area (Å²) in [5.74, 6) is 1.14. The molecule has 1 fully saturated rings. The molecule has 0 radical (unpaired) electrons. The highest BCUT2D eigenvalue weighted by Gasteiger charge is 2.22. The summed E-state index contributed by atoms with van der Waals surface area (Å²) in [4.78, 5) is 7.08. The van der Waals surface area contributed by atoms with E-state index in [9.17, 15) is 0 Å². The van der Waals surface area contributed by atoms with Gasteiger partial charge < -0.3 is 10.2 Å². The lowest BCUT2D eigenvalue weighted by Gasteiger charge is -2.36. The van der Waals surface area contributed by atoms with Crippen LogP contribution >= 0.6 is 0 Å². The molecule has 16 heavy (non-hydrogen) atoms. The Morgan fingerprint density at radius 2 is 2.31 bits per heavy atom. The minimum atomic E-state index is 0.605. The fourth-order valence-corrected chi connectivity index (χ4v) is 2.44. The molecule has 1 aromatic rings. The number of aromatic nitrogens is 1. The van der Waals surface area contributed by atoms with Crippen LogP contribution in [0.1, 0.15) is 25.0 Å². The molecule has 2 heterocycles. The fourth-order valence-electron chi connectivity index (χ4n) is 2.44. The van der Waals surface area contributed by atoms with Crippen molar-refractivity contribution in [3.63, 3.8) is 0 Å². The van der Waals surface area contributed by atoms with Gasteiger partial charge in [-0.1, -0.05) is 6.07 Å². The average Bonchev–Trinajstić information content (AvgIpc) is 2.30. The van der Waals surface area contributed by atoms with Crippen molar-refractivity contribution in [2.45, 2.75) is 32.2 Å². The average molecular weight is 219 g/mol. The highest BCUT2D eigenvalue weighted by molar-refractivity contribution is 5.41. The van der Waals surface area contributed by atoms with Crippen LogP contribution in [0.4, 0.5) is 5.82 Å². The summed E-state index contributed by atoms with van der Waals surface area (Å²) in [6.07, 6.45) is 3.90. The number of rotatable bonds is 3. The molecule has 0 aromatic carbocycles. The molecule has 1 atom stereocenters. The Morgan fingerprint density at radius 3 is 3.06 bits per heavy atom. The number of anilines is 1. The standard InChI is InChI=1S/C13H21N3/c1-11-6-5-8-13(15-11)16-9-4-3-7-12(16)10-14-2/h5-6,8,12,14H,3-4,7,9-10H2,1-2H3. The molecule has 1 aromatic heterocycles. The van der Waals surface area contributed by atoms with Gasteiger partial charge in [-0.25, -0.2) is 4.98 Å². The van der Waals surface area contributed by atoms with E-state index in [-0.39, 0.29) is 0 Å². The third kappa shape index (κ3) is 2.53. The second-order valence-electron chi connectivity index (χ2n) is 4.54. The first kappa shape index (κ1) is 11.4. The van der Waals surface area contributed by atoms with Crippen LogP contribution in [0.5, 0.6) is 0 Å². The van der Waals surface area contributed by atoms with Gasteiger partial charge in [0.15, 0.2) is 0 Å². The molecule has 1 unspecified atom stereocenters. The Morgan fingerprint density at radius 1 is 1.44 bits per heavy atom. The third-order valence-corrected chi connectivity index (χ3v) is 3.23. The van der Waals surface area contributed by atoms with Crippen LogP contribution in [-0.2, 0) is 0 Å². The molecular weight excluding hydrogens is 198 g/mol. The van der Waals surface area contributed by atoms with Crippen LogP contribution in [-0.4, -0.2) is 31.2 Å². The van der Waals surface area contributed by atoms with E-state index in [1.165, 1.54) is 19.3 Å². The molecule has 1 N–H and O–H groups in total. The van der Waals surface area contributed by atoms with Crippen LogP contribution in [0.2, 0.25) is 0 Å². The molecule has 1 saturated heterocycles. The van der Waals surface area contributed by atoms with E-state index >= 15 is 0 Å². The van der Waals surface area contributed by atoms with Crippen molar-refractivity contribution in [3.05, 3.63) is 23.9 Å². The van der Waals surface area contributed by atoms with Crippen molar-refractivity contribution in [1.29, 1.82) is 0 Å². The maximum atomic E-state index is 4.63. The smallest absolute Gasteiger partial charge is 0.129 e. The molecule has 0 spiro atoms. The van der Waals surface area contributed by atoms with Gasteiger partial charge in [-0.05, 0) is 45.4 Å². The summed E-state index contributed by atoms with van der Waals surface area (Å²) >= 11 is 0. The summed E-state index contributed by atoms with van der Waals surface area (Å²) in [5.41, 5.74) is 1.10. The van der Waals surface area contributed by atoms with Crippen LogP contribution in [0.25, 0.3) is 0 Å². The van der Waals surface area contributed by atoms with Gasteiger partial charge in [-0.2, -0.15) is 0 Å². The third-order valence-electron chi connectivity index (χ3n) is 3.23. The maximum Gasteiger partial charge on any atom is 0.129 e. The molecule has 0 amide bonds. The van der Waals surface area contributed by atoms with Gasteiger partial charge in [0.1, 0.15) is 5.82 Å². The SMILES string of the molecule is CNCC1CCCCN1c1cccc(C)n1. The molecule has 0 saturated carbocycles. The molecule has 88 valence electrons. The number of aryl methyl sites for hydroxylation is 1. The lowest BCUT2D eigenvalue weighted by Crippen LogP contribution is -2.45. The topological polar surface area (TPSA) is 28.2 Å². The zero-order chi connectivity index (χ0) is 11.4. The summed E-state index contributed by atoms with van der Waals surface area (Å²) in [6.45, 7) is 4.25. The molecule has 0 bridgehead atoms. The second-order valence-corrected chi connectivity index (χ2v) is 4.54. The van der Waals surface area contributed by atoms with Crippen LogP contribution in [0, 0.1) is 6.92 Å². The van der Waals surface area contributed by atoms with Gasteiger partial charge in [0.25, 0.3) is 0 Å². The van der Waals surface area contributed by atoms with Gasteiger partial charge in [0.05, 0.1) is 0 Å². The summed E-state index contributed by atoms with van der Waals surface area (Å²) in [7, 11) is 2.02. The Bertz CT molecular complexity index is 336. The summed E-state index contributed by atoms with van der Waals surface area (Å²) in [6, 6.07) is 6.89. The van der Waals surface area contributed by atoms with Crippen molar-refractivity contribution in [3.8, 4) is 0 Å². The van der Waals surface area contributed by atoms with Gasteiger partial charge >= 0.3 is 0 Å². The number of pyridine rings is 1. The first-order valence-electron chi connectivity index (χ1n) is 6.16. The first-order valence-corrected chi connectivity index (χ1v) is 6.16. The molecule has 2 rings (SSSR count). The predicted octanol–water partition coefficient (Wildman–Crippen LogP) is 1.97. The summed E-state index contributed by atoms with van der Waals surface area (Å²) < 4.78 is 0. The van der Waals surface area contributed by atoms with E-state index in [1.54, 1.807) is 0 Å². The zero-order valence-corrected chi connectivity index (χ0v) is 10.2. The van der Waals surface area contributed by atoms with Crippen LogP contribution in [0.15, 0.2) is 18.2 Å². The zero-order valence-electron chi connectivity index (χ0n) is 10.2. The monoisotopic (exact) mass is 219 g/mol. The van der Waals surface area contributed by atoms with E-state index in [0.717, 1.165) is 24.6 Å². The number of hydrogen-bond donors (Lipinski definition) is 1. The van der Waals surface area contributed by atoms with Crippen molar-refractivity contribution in [2.24, 2.45) is 0 Å². The lowest BCUT2D eigenvalue weighted by molar-refractivity contribution is 0.443. The van der Waals surface area contributed by atoms with Crippen LogP contribution in [0.3, 0.4) is 0 Å². The number of piperidine rings is 1. The number of hydrogen-bond acceptors (Lipinski definition) is 3. The van der Waals surface area contributed by atoms with Crippen molar-refractivity contribution in [1.82, 2.24) is 10.3 Å². The minimum Gasteiger partial charge on any atom is -0.352 e. The Kier molecular flexibility index (Phi) is 3.78. The quantitative estimate of drug-likeness (QED) is 0.842. The largest absolute Gasteiger partial charge is 0.352 e. The first-order chi connectivity index (χ1) is 7.81. The number of nitrogens with zero attached hydrogens (tertiary/aromatic N) is 2. The van der Waals surface area contributed by atoms with Crippen LogP contribution < -0.4 is 10.2 Å². The van der Waals surface area contributed by atoms with E-state index in [4.69, 9.17) is 0 Å². The molecule has 1 aliphatic heterocycles. The van der Waals surface area contributed by atoms with E-state index < -0.39 is 0 Å². The molecule has 0 aliphatic carbocycles. The number of nitrogens with one attached hydrogen (secondary N) is 1. The van der Waals surface area contributed by atoms with Gasteiger partial charge in [-0.3, -0.25) is 0 Å². The Balaban J connectivity index is 2.16. The van der Waals surface area contributed by atoms with Crippen molar-refractivity contribution >= 4 is 5.82 Å². The Hall–Kier alpha value is -1.09. The Labute approximate surface area is 97.9 Å². The van der Waals surface area contributed by atoms with E-state index in [1.807, 2.05) is 7.05 Å². The fraction of sp³-hybridized carbons (Fsp3) is 0.615. The van der Waals surface area contributed by atoms with E-state index in [0.29, 0.717) is 6.04 Å². The van der Waals surface area contributed by atoms with Gasteiger partial charge in [0.2, 0.25) is 0 Å². The normalized spacial score (nSPS) is 21.1. The molecule has 1 aliphatic rings. The van der Waals surface area contributed by atoms with Gasteiger partial charge in [0, 0.05) is 24.8 Å². The highest BCUT2D eigenvalue weighted by atomic mass is 15.2. The van der Waals surface area contributed by atoms with Gasteiger partial charge in [-0.15, -0.1) is 0 Å².